The molecular formula is C21H23ClFN3O. The van der Waals surface area contributed by atoms with Gasteiger partial charge in [-0.25, -0.2) is 14.4 Å². The molecule has 0 amide bonds. The number of hydrogen-bond acceptors (Lipinski definition) is 4. The zero-order valence-corrected chi connectivity index (χ0v) is 16.1. The predicted molar refractivity (Wildman–Crippen MR) is 109 cm³/mol. The minimum absolute atomic E-state index is 0.197. The van der Waals surface area contributed by atoms with Crippen molar-refractivity contribution in [2.24, 2.45) is 0 Å². The summed E-state index contributed by atoms with van der Waals surface area (Å²) in [6.07, 6.45) is 9.10. The monoisotopic (exact) mass is 387 g/mol. The first-order valence-electron chi connectivity index (χ1n) is 9.23. The molecule has 1 aromatic heterocycles. The SMILES string of the molecule is C1CCCC1.CCOc1ccc(F)c(-c2ccc3nc(N)ncc3c2)c1Cl. The number of benzene rings is 2. The van der Waals surface area contributed by atoms with Crippen LogP contribution >= 0.6 is 11.6 Å². The fourth-order valence-electron chi connectivity index (χ4n) is 3.15. The lowest BCUT2D eigenvalue weighted by atomic mass is 10.0. The van der Waals surface area contributed by atoms with Crippen LogP contribution in [0.2, 0.25) is 5.02 Å². The van der Waals surface area contributed by atoms with Gasteiger partial charge >= 0.3 is 0 Å². The maximum Gasteiger partial charge on any atom is 0.220 e. The lowest BCUT2D eigenvalue weighted by molar-refractivity contribution is 0.340. The normalized spacial score (nSPS) is 13.3. The second kappa shape index (κ2) is 9.00. The molecule has 1 saturated carbocycles. The summed E-state index contributed by atoms with van der Waals surface area (Å²) in [4.78, 5) is 8.07. The molecule has 1 heterocycles. The van der Waals surface area contributed by atoms with E-state index in [1.807, 2.05) is 6.92 Å². The molecule has 0 radical (unpaired) electrons. The Hall–Kier alpha value is -2.40. The number of rotatable bonds is 3. The van der Waals surface area contributed by atoms with Crippen LogP contribution in [0.25, 0.3) is 22.0 Å². The molecular weight excluding hydrogens is 365 g/mol. The molecule has 2 aromatic carbocycles. The summed E-state index contributed by atoms with van der Waals surface area (Å²) in [5.74, 6) is 0.237. The third-order valence-electron chi connectivity index (χ3n) is 4.49. The molecule has 0 unspecified atom stereocenters. The van der Waals surface area contributed by atoms with Gasteiger partial charge in [0.1, 0.15) is 11.6 Å². The summed E-state index contributed by atoms with van der Waals surface area (Å²) in [5, 5.41) is 1.00. The van der Waals surface area contributed by atoms with Crippen molar-refractivity contribution in [2.45, 2.75) is 39.0 Å². The highest BCUT2D eigenvalue weighted by Crippen LogP contribution is 2.38. The maximum atomic E-state index is 14.2. The van der Waals surface area contributed by atoms with Gasteiger partial charge in [0.05, 0.1) is 17.1 Å². The van der Waals surface area contributed by atoms with Gasteiger partial charge in [0, 0.05) is 17.1 Å². The molecule has 1 fully saturated rings. The molecule has 142 valence electrons. The van der Waals surface area contributed by atoms with E-state index in [2.05, 4.69) is 9.97 Å². The molecule has 1 aliphatic rings. The van der Waals surface area contributed by atoms with E-state index in [-0.39, 0.29) is 11.0 Å². The molecule has 0 bridgehead atoms. The van der Waals surface area contributed by atoms with Crippen molar-refractivity contribution in [3.63, 3.8) is 0 Å². The van der Waals surface area contributed by atoms with Crippen LogP contribution in [0.1, 0.15) is 39.0 Å². The minimum atomic E-state index is -0.413. The highest BCUT2D eigenvalue weighted by Gasteiger charge is 2.15. The fraction of sp³-hybridized carbons (Fsp3) is 0.333. The number of fused-ring (bicyclic) bond motifs is 1. The molecule has 0 spiro atoms. The molecule has 0 aliphatic heterocycles. The van der Waals surface area contributed by atoms with E-state index >= 15 is 0 Å². The summed E-state index contributed by atoms with van der Waals surface area (Å²) in [6, 6.07) is 8.14. The Labute approximate surface area is 163 Å². The van der Waals surface area contributed by atoms with Gasteiger partial charge in [-0.05, 0) is 36.8 Å². The molecule has 4 nitrogen and oxygen atoms in total. The molecule has 3 aromatic rings. The van der Waals surface area contributed by atoms with Crippen LogP contribution in [0.15, 0.2) is 36.5 Å². The highest BCUT2D eigenvalue weighted by molar-refractivity contribution is 6.34. The first kappa shape index (κ1) is 19.4. The number of aromatic nitrogens is 2. The van der Waals surface area contributed by atoms with Crippen LogP contribution < -0.4 is 10.5 Å². The summed E-state index contributed by atoms with van der Waals surface area (Å²) in [6.45, 7) is 2.30. The molecule has 0 saturated heterocycles. The van der Waals surface area contributed by atoms with Crippen LogP contribution in [-0.2, 0) is 0 Å². The molecule has 27 heavy (non-hydrogen) atoms. The Bertz CT molecular complexity index is 921. The molecule has 4 rings (SSSR count). The summed E-state index contributed by atoms with van der Waals surface area (Å²) in [5.41, 5.74) is 7.17. The van der Waals surface area contributed by atoms with Gasteiger partial charge in [-0.2, -0.15) is 0 Å². The number of halogens is 2. The molecule has 6 heteroatoms. The van der Waals surface area contributed by atoms with E-state index in [0.29, 0.717) is 29.0 Å². The van der Waals surface area contributed by atoms with Crippen LogP contribution in [0.5, 0.6) is 5.75 Å². The smallest absolute Gasteiger partial charge is 0.220 e. The number of nitrogens with two attached hydrogens (primary N) is 1. The fourth-order valence-corrected chi connectivity index (χ4v) is 3.47. The van der Waals surface area contributed by atoms with Crippen molar-refractivity contribution >= 4 is 28.5 Å². The lowest BCUT2D eigenvalue weighted by Gasteiger charge is -2.12. The zero-order valence-electron chi connectivity index (χ0n) is 15.3. The lowest BCUT2D eigenvalue weighted by Crippen LogP contribution is -1.96. The van der Waals surface area contributed by atoms with E-state index in [1.54, 1.807) is 24.4 Å². The molecule has 1 aliphatic carbocycles. The van der Waals surface area contributed by atoms with Crippen LogP contribution in [0.3, 0.4) is 0 Å². The predicted octanol–water partition coefficient (Wildman–Crippen LogP) is 6.02. The van der Waals surface area contributed by atoms with Gasteiger partial charge in [0.2, 0.25) is 5.95 Å². The first-order valence-corrected chi connectivity index (χ1v) is 9.61. The van der Waals surface area contributed by atoms with Crippen molar-refractivity contribution in [2.75, 3.05) is 12.3 Å². The van der Waals surface area contributed by atoms with Gasteiger partial charge in [-0.3, -0.25) is 0 Å². The second-order valence-electron chi connectivity index (χ2n) is 6.44. The van der Waals surface area contributed by atoms with Gasteiger partial charge < -0.3 is 10.5 Å². The maximum absolute atomic E-state index is 14.2. The van der Waals surface area contributed by atoms with Crippen LogP contribution in [0.4, 0.5) is 10.3 Å². The largest absolute Gasteiger partial charge is 0.492 e. The Kier molecular flexibility index (Phi) is 6.45. The van der Waals surface area contributed by atoms with Gasteiger partial charge in [-0.15, -0.1) is 0 Å². The Balaban J connectivity index is 0.000000364. The van der Waals surface area contributed by atoms with Crippen molar-refractivity contribution in [3.8, 4) is 16.9 Å². The molecule has 2 N–H and O–H groups in total. The summed E-state index contributed by atoms with van der Waals surface area (Å²) < 4.78 is 19.6. The summed E-state index contributed by atoms with van der Waals surface area (Å²) >= 11 is 6.29. The van der Waals surface area contributed by atoms with E-state index in [4.69, 9.17) is 22.1 Å². The van der Waals surface area contributed by atoms with Crippen LogP contribution in [-0.4, -0.2) is 16.6 Å². The number of nitrogens with zero attached hydrogens (tertiary/aromatic N) is 2. The van der Waals surface area contributed by atoms with Crippen molar-refractivity contribution in [1.82, 2.24) is 9.97 Å². The Morgan fingerprint density at radius 3 is 2.48 bits per heavy atom. The van der Waals surface area contributed by atoms with Crippen molar-refractivity contribution < 1.29 is 9.13 Å². The van der Waals surface area contributed by atoms with Gasteiger partial charge in [-0.1, -0.05) is 49.8 Å². The van der Waals surface area contributed by atoms with Gasteiger partial charge in [0.15, 0.2) is 0 Å². The van der Waals surface area contributed by atoms with Crippen LogP contribution in [0, 0.1) is 5.82 Å². The third kappa shape index (κ3) is 4.66. The molecule has 0 atom stereocenters. The number of anilines is 1. The van der Waals surface area contributed by atoms with Crippen molar-refractivity contribution in [3.05, 3.63) is 47.4 Å². The topological polar surface area (TPSA) is 61.0 Å². The quantitative estimate of drug-likeness (QED) is 0.596. The average molecular weight is 388 g/mol. The van der Waals surface area contributed by atoms with E-state index in [9.17, 15) is 4.39 Å². The first-order chi connectivity index (χ1) is 13.1. The standard InChI is InChI=1S/C16H13ClFN3O.C5H10/c1-2-22-13-6-4-11(18)14(15(13)17)9-3-5-12-10(7-9)8-20-16(19)21-12;1-2-4-5-3-1/h3-8H,2H2,1H3,(H2,19,20,21);1-5H2. The number of nitrogen functional groups attached to an aromatic ring is 1. The van der Waals surface area contributed by atoms with Gasteiger partial charge in [0.25, 0.3) is 0 Å². The Morgan fingerprint density at radius 2 is 1.81 bits per heavy atom. The average Bonchev–Trinajstić information content (AvgIpc) is 3.24. The van der Waals surface area contributed by atoms with E-state index in [0.717, 1.165) is 5.39 Å². The summed E-state index contributed by atoms with van der Waals surface area (Å²) in [7, 11) is 0. The van der Waals surface area contributed by atoms with Crippen molar-refractivity contribution in [1.29, 1.82) is 0 Å². The zero-order chi connectivity index (χ0) is 19.2. The minimum Gasteiger partial charge on any atom is -0.492 e. The number of hydrogen-bond donors (Lipinski definition) is 1. The van der Waals surface area contributed by atoms with E-state index < -0.39 is 5.82 Å². The number of ether oxygens (including phenoxy) is 1. The van der Waals surface area contributed by atoms with E-state index in [1.165, 1.54) is 44.2 Å². The third-order valence-corrected chi connectivity index (χ3v) is 4.87. The Morgan fingerprint density at radius 1 is 1.11 bits per heavy atom. The highest BCUT2D eigenvalue weighted by atomic mass is 35.5. The second-order valence-corrected chi connectivity index (χ2v) is 6.82.